The van der Waals surface area contributed by atoms with Gasteiger partial charge in [0.1, 0.15) is 0 Å². The fourth-order valence-electron chi connectivity index (χ4n) is 5.03. The smallest absolute Gasteiger partial charge is 0 e. The lowest BCUT2D eigenvalue weighted by molar-refractivity contribution is 1.50. The lowest BCUT2D eigenvalue weighted by Crippen LogP contribution is -1.97. The van der Waals surface area contributed by atoms with Crippen LogP contribution >= 0.6 is 0 Å². The molecule has 49 heavy (non-hydrogen) atoms. The monoisotopic (exact) mass is 642 g/mol. The normalized spacial score (nSPS) is 8.20. The molecule has 0 aliphatic carbocycles. The van der Waals surface area contributed by atoms with Crippen molar-refractivity contribution in [1.82, 2.24) is 0 Å². The Morgan fingerprint density at radius 1 is 0.224 bits per heavy atom. The Labute approximate surface area is 310 Å². The maximum atomic E-state index is 2.27. The van der Waals surface area contributed by atoms with Crippen LogP contribution in [0.4, 0.5) is 0 Å². The summed E-state index contributed by atoms with van der Waals surface area (Å²) >= 11 is 0. The number of benzene rings is 6. The largest absolute Gasteiger partial charge is 0.0776 e. The molecule has 0 atom stereocenters. The summed E-state index contributed by atoms with van der Waals surface area (Å²) in [5.41, 5.74) is 10.0. The third-order valence-corrected chi connectivity index (χ3v) is 6.47. The van der Waals surface area contributed by atoms with Crippen molar-refractivity contribution in [2.24, 2.45) is 0 Å². The molecule has 0 aromatic heterocycles. The van der Waals surface area contributed by atoms with Crippen LogP contribution in [0.2, 0.25) is 0 Å². The van der Waals surface area contributed by atoms with E-state index in [1.54, 1.807) is 0 Å². The minimum atomic E-state index is 0. The topological polar surface area (TPSA) is 0 Å². The molecule has 0 aliphatic heterocycles. The van der Waals surface area contributed by atoms with Crippen LogP contribution in [0.3, 0.4) is 0 Å². The third kappa shape index (κ3) is 13.7. The van der Waals surface area contributed by atoms with Crippen molar-refractivity contribution in [1.29, 1.82) is 0 Å². The first-order chi connectivity index (χ1) is 21.9. The average Bonchev–Trinajstić information content (AvgIpc) is 3.16. The summed E-state index contributed by atoms with van der Waals surface area (Å²) in [6.07, 6.45) is 0. The molecule has 6 rings (SSSR count). The molecular formula is C45H58B4. The van der Waals surface area contributed by atoms with E-state index in [1.165, 1.54) is 55.3 Å². The van der Waals surface area contributed by atoms with Gasteiger partial charge in [-0.3, -0.25) is 0 Å². The van der Waals surface area contributed by atoms with Gasteiger partial charge in [0.05, 0.1) is 0 Å². The van der Waals surface area contributed by atoms with Crippen molar-refractivity contribution in [3.05, 3.63) is 146 Å². The second-order valence-electron chi connectivity index (χ2n) is 8.51. The van der Waals surface area contributed by atoms with E-state index in [9.17, 15) is 0 Å². The number of hydrogen-bond donors (Lipinski definition) is 0. The molecule has 0 aliphatic rings. The molecule has 0 bridgehead atoms. The first-order valence-electron chi connectivity index (χ1n) is 16.7. The van der Waals surface area contributed by atoms with Crippen molar-refractivity contribution in [2.75, 3.05) is 0 Å². The van der Waals surface area contributed by atoms with E-state index < -0.39 is 0 Å². The van der Waals surface area contributed by atoms with Crippen molar-refractivity contribution in [3.8, 4) is 44.5 Å². The summed E-state index contributed by atoms with van der Waals surface area (Å²) in [4.78, 5) is 0. The van der Waals surface area contributed by atoms with Crippen LogP contribution in [0.1, 0.15) is 76.7 Å². The van der Waals surface area contributed by atoms with Crippen molar-refractivity contribution >= 4 is 44.4 Å². The lowest BCUT2D eigenvalue weighted by atomic mass is 9.79. The van der Waals surface area contributed by atoms with E-state index >= 15 is 0 Å². The van der Waals surface area contributed by atoms with Crippen molar-refractivity contribution < 1.29 is 0 Å². The van der Waals surface area contributed by atoms with E-state index in [2.05, 4.69) is 146 Å². The first kappa shape index (κ1) is 54.3. The van der Waals surface area contributed by atoms with Gasteiger partial charge in [-0.2, -0.15) is 0 Å². The molecule has 0 fully saturated rings. The van der Waals surface area contributed by atoms with E-state index in [4.69, 9.17) is 0 Å². The second kappa shape index (κ2) is 32.4. The Balaban J connectivity index is -0.000000397. The highest BCUT2D eigenvalue weighted by Gasteiger charge is 2.23. The van der Waals surface area contributed by atoms with Gasteiger partial charge in [-0.25, -0.2) is 0 Å². The molecule has 0 spiro atoms. The van der Waals surface area contributed by atoms with E-state index in [-0.39, 0.29) is 41.1 Å². The SMILES string of the molecule is C.CC.CC.CC.CC.CC.[B].[B].[B].[B].c1ccc(-c2c(-c3ccccc3)c(-c3ccccc3)c3ccccc3c2-c2ccccc2)cc1. The van der Waals surface area contributed by atoms with Gasteiger partial charge < -0.3 is 0 Å². The van der Waals surface area contributed by atoms with Gasteiger partial charge in [0.25, 0.3) is 0 Å². The van der Waals surface area contributed by atoms with Gasteiger partial charge in [0.2, 0.25) is 0 Å². The van der Waals surface area contributed by atoms with Gasteiger partial charge in [-0.05, 0) is 55.3 Å². The first-order valence-corrected chi connectivity index (χ1v) is 16.7. The van der Waals surface area contributed by atoms with Gasteiger partial charge in [0, 0.05) is 33.7 Å². The molecule has 0 amide bonds. The number of rotatable bonds is 4. The summed E-state index contributed by atoms with van der Waals surface area (Å²) in [6.45, 7) is 20.0. The molecule has 12 radical (unpaired) electrons. The lowest BCUT2D eigenvalue weighted by Gasteiger charge is -2.24. The molecule has 6 aromatic carbocycles. The standard InChI is InChI=1S/C34H24.5C2H6.CH4.4B/c1-5-15-25(16-6-1)31-29-23-13-14-24-30(29)32(26-17-7-2-8-18-26)34(28-21-11-4-12-22-28)33(31)27-19-9-3-10-20-27;5*1-2;;;;;/h1-24H;5*1-2H3;1H4;;;;. The van der Waals surface area contributed by atoms with Gasteiger partial charge in [-0.15, -0.1) is 0 Å². The molecule has 6 aromatic rings. The Kier molecular flexibility index (Phi) is 35.9. The molecule has 0 nitrogen and oxygen atoms in total. The summed E-state index contributed by atoms with van der Waals surface area (Å²) in [5, 5.41) is 2.54. The van der Waals surface area contributed by atoms with Gasteiger partial charge in [0.15, 0.2) is 0 Å². The highest BCUT2D eigenvalue weighted by atomic mass is 14.3. The molecule has 0 N–H and O–H groups in total. The zero-order valence-electron chi connectivity index (χ0n) is 31.2. The van der Waals surface area contributed by atoms with E-state index in [1.807, 2.05) is 69.2 Å². The van der Waals surface area contributed by atoms with E-state index in [0.29, 0.717) is 0 Å². The quantitative estimate of drug-likeness (QED) is 0.168. The zero-order chi connectivity index (χ0) is 32.7. The van der Waals surface area contributed by atoms with Crippen LogP contribution in [0.5, 0.6) is 0 Å². The zero-order valence-corrected chi connectivity index (χ0v) is 31.2. The molecule has 0 saturated carbocycles. The highest BCUT2D eigenvalue weighted by molar-refractivity contribution is 6.18. The molecular weight excluding hydrogens is 584 g/mol. The molecule has 0 saturated heterocycles. The highest BCUT2D eigenvalue weighted by Crippen LogP contribution is 2.50. The summed E-state index contributed by atoms with van der Waals surface area (Å²) < 4.78 is 0. The summed E-state index contributed by atoms with van der Waals surface area (Å²) in [6, 6.07) is 52.1. The van der Waals surface area contributed by atoms with Gasteiger partial charge in [-0.1, -0.05) is 222 Å². The minimum absolute atomic E-state index is 0. The van der Waals surface area contributed by atoms with Crippen LogP contribution in [-0.4, -0.2) is 33.7 Å². The number of fused-ring (bicyclic) bond motifs is 1. The maximum absolute atomic E-state index is 2.27. The Bertz CT molecular complexity index is 1450. The molecule has 0 unspecified atom stereocenters. The van der Waals surface area contributed by atoms with Crippen LogP contribution < -0.4 is 0 Å². The summed E-state index contributed by atoms with van der Waals surface area (Å²) in [5.74, 6) is 0. The minimum Gasteiger partial charge on any atom is -0.0776 e. The predicted molar refractivity (Wildman–Crippen MR) is 232 cm³/mol. The van der Waals surface area contributed by atoms with Crippen LogP contribution in [0, 0.1) is 0 Å². The predicted octanol–water partition coefficient (Wildman–Crippen LogP) is 13.8. The molecule has 4 heteroatoms. The Morgan fingerprint density at radius 3 is 0.592 bits per heavy atom. The van der Waals surface area contributed by atoms with Gasteiger partial charge >= 0.3 is 0 Å². The van der Waals surface area contributed by atoms with Crippen molar-refractivity contribution in [2.45, 2.75) is 76.7 Å². The van der Waals surface area contributed by atoms with Crippen molar-refractivity contribution in [3.63, 3.8) is 0 Å². The van der Waals surface area contributed by atoms with E-state index in [0.717, 1.165) is 0 Å². The fraction of sp³-hybridized carbons (Fsp3) is 0.244. The maximum Gasteiger partial charge on any atom is 0 e. The third-order valence-electron chi connectivity index (χ3n) is 6.47. The van der Waals surface area contributed by atoms with Crippen LogP contribution in [0.25, 0.3) is 55.3 Å². The van der Waals surface area contributed by atoms with Crippen LogP contribution in [0.15, 0.2) is 146 Å². The fourth-order valence-corrected chi connectivity index (χ4v) is 5.03. The number of hydrogen-bond acceptors (Lipinski definition) is 0. The Morgan fingerprint density at radius 2 is 0.388 bits per heavy atom. The molecule has 0 heterocycles. The van der Waals surface area contributed by atoms with Crippen LogP contribution in [-0.2, 0) is 0 Å². The second-order valence-corrected chi connectivity index (χ2v) is 8.51. The summed E-state index contributed by atoms with van der Waals surface area (Å²) in [7, 11) is 0. The molecule has 250 valence electrons. The Hall–Kier alpha value is -4.16. The average molecular weight is 642 g/mol.